The number of rotatable bonds is 2. The smallest absolute Gasteiger partial charge is 0.0824 e. The van der Waals surface area contributed by atoms with Gasteiger partial charge in [-0.15, -0.1) is 0 Å². The van der Waals surface area contributed by atoms with E-state index in [2.05, 4.69) is 43.4 Å². The molecular formula is C16H22N2O. The molecule has 0 aliphatic heterocycles. The summed E-state index contributed by atoms with van der Waals surface area (Å²) in [6.45, 7) is 6.80. The van der Waals surface area contributed by atoms with Gasteiger partial charge < -0.3 is 10.5 Å². The van der Waals surface area contributed by atoms with E-state index in [0.29, 0.717) is 11.3 Å². The zero-order valence-corrected chi connectivity index (χ0v) is 11.9. The Bertz CT molecular complexity index is 509. The van der Waals surface area contributed by atoms with Crippen molar-refractivity contribution in [1.82, 2.24) is 0 Å². The molecule has 2 saturated carbocycles. The lowest BCUT2D eigenvalue weighted by Gasteiger charge is -2.35. The van der Waals surface area contributed by atoms with Crippen LogP contribution < -0.4 is 5.32 Å². The lowest BCUT2D eigenvalue weighted by molar-refractivity contribution is 0.307. The molecule has 0 radical (unpaired) electrons. The molecule has 2 fully saturated rings. The van der Waals surface area contributed by atoms with Crippen molar-refractivity contribution < 1.29 is 5.21 Å². The van der Waals surface area contributed by atoms with Crippen LogP contribution in [0.25, 0.3) is 0 Å². The van der Waals surface area contributed by atoms with Crippen LogP contribution >= 0.6 is 0 Å². The Hall–Kier alpha value is -1.51. The maximum atomic E-state index is 9.36. The number of nitrogens with one attached hydrogen (secondary N) is 1. The molecule has 19 heavy (non-hydrogen) atoms. The number of oxime groups is 1. The normalized spacial score (nSPS) is 37.7. The molecule has 0 bridgehead atoms. The Morgan fingerprint density at radius 3 is 2.47 bits per heavy atom. The van der Waals surface area contributed by atoms with E-state index in [9.17, 15) is 5.21 Å². The lowest BCUT2D eigenvalue weighted by Crippen LogP contribution is -2.46. The van der Waals surface area contributed by atoms with Crippen molar-refractivity contribution in [3.8, 4) is 0 Å². The van der Waals surface area contributed by atoms with Crippen molar-refractivity contribution in [2.45, 2.75) is 39.2 Å². The topological polar surface area (TPSA) is 44.6 Å². The highest BCUT2D eigenvalue weighted by atomic mass is 16.4. The summed E-state index contributed by atoms with van der Waals surface area (Å²) in [7, 11) is 0. The monoisotopic (exact) mass is 258 g/mol. The molecule has 0 heterocycles. The molecule has 0 spiro atoms. The number of anilines is 1. The number of hydrogen-bond acceptors (Lipinski definition) is 3. The van der Waals surface area contributed by atoms with Gasteiger partial charge in [0.15, 0.2) is 0 Å². The van der Waals surface area contributed by atoms with Crippen LogP contribution in [0.4, 0.5) is 5.69 Å². The fourth-order valence-electron chi connectivity index (χ4n) is 3.77. The quantitative estimate of drug-likeness (QED) is 0.626. The van der Waals surface area contributed by atoms with E-state index < -0.39 is 0 Å². The highest BCUT2D eigenvalue weighted by Gasteiger charge is 2.63. The van der Waals surface area contributed by atoms with Crippen molar-refractivity contribution in [3.05, 3.63) is 30.3 Å². The third-order valence-corrected chi connectivity index (χ3v) is 5.28. The molecule has 0 aromatic heterocycles. The Kier molecular flexibility index (Phi) is 2.63. The van der Waals surface area contributed by atoms with Gasteiger partial charge in [-0.05, 0) is 49.1 Å². The van der Waals surface area contributed by atoms with Crippen molar-refractivity contribution in [3.63, 3.8) is 0 Å². The van der Waals surface area contributed by atoms with Gasteiger partial charge >= 0.3 is 0 Å². The molecule has 3 atom stereocenters. The molecule has 2 aliphatic carbocycles. The summed E-state index contributed by atoms with van der Waals surface area (Å²) in [5.74, 6) is 1.42. The maximum Gasteiger partial charge on any atom is 0.0824 e. The first-order chi connectivity index (χ1) is 8.97. The second kappa shape index (κ2) is 3.99. The summed E-state index contributed by atoms with van der Waals surface area (Å²) < 4.78 is 0. The first-order valence-corrected chi connectivity index (χ1v) is 7.02. The molecule has 2 N–H and O–H groups in total. The number of benzene rings is 1. The summed E-state index contributed by atoms with van der Waals surface area (Å²) in [5.41, 5.74) is 2.14. The molecule has 3 rings (SSSR count). The maximum absolute atomic E-state index is 9.36. The van der Waals surface area contributed by atoms with Gasteiger partial charge in [0, 0.05) is 5.69 Å². The Morgan fingerprint density at radius 2 is 1.84 bits per heavy atom. The molecular weight excluding hydrogens is 236 g/mol. The van der Waals surface area contributed by atoms with Gasteiger partial charge in [-0.25, -0.2) is 0 Å². The molecule has 1 aromatic carbocycles. The summed E-state index contributed by atoms with van der Waals surface area (Å²) in [6.07, 6.45) is 1.95. The van der Waals surface area contributed by atoms with Gasteiger partial charge in [-0.2, -0.15) is 0 Å². The lowest BCUT2D eigenvalue weighted by atomic mass is 9.81. The third kappa shape index (κ3) is 1.92. The van der Waals surface area contributed by atoms with E-state index >= 15 is 0 Å². The third-order valence-electron chi connectivity index (χ3n) is 5.28. The second-order valence-electron chi connectivity index (χ2n) is 6.81. The highest BCUT2D eigenvalue weighted by Crippen LogP contribution is 2.66. The Labute approximate surface area is 114 Å². The van der Waals surface area contributed by atoms with E-state index in [1.807, 2.05) is 18.2 Å². The van der Waals surface area contributed by atoms with E-state index in [-0.39, 0.29) is 5.54 Å². The zero-order valence-electron chi connectivity index (χ0n) is 11.9. The largest absolute Gasteiger partial charge is 0.411 e. The average molecular weight is 258 g/mol. The number of para-hydroxylation sites is 1. The standard InChI is InChI=1S/C16H22N2O/c1-15(2)12-9-14(18-19)16(3,10-13(12)15)17-11-7-5-4-6-8-11/h4-8,12-13,17,19H,9-10H2,1-3H3/b18-14-. The predicted molar refractivity (Wildman–Crippen MR) is 77.7 cm³/mol. The van der Waals surface area contributed by atoms with Crippen molar-refractivity contribution in [2.75, 3.05) is 5.32 Å². The van der Waals surface area contributed by atoms with Crippen LogP contribution in [0.3, 0.4) is 0 Å². The SMILES string of the molecule is CC1(Nc2ccccc2)CC2C(C/C1=N/O)C2(C)C. The van der Waals surface area contributed by atoms with E-state index in [0.717, 1.165) is 30.2 Å². The number of fused-ring (bicyclic) bond motifs is 1. The summed E-state index contributed by atoms with van der Waals surface area (Å²) in [5, 5.41) is 16.5. The van der Waals surface area contributed by atoms with Gasteiger partial charge in [0.25, 0.3) is 0 Å². The van der Waals surface area contributed by atoms with Crippen LogP contribution in [-0.4, -0.2) is 16.5 Å². The highest BCUT2D eigenvalue weighted by molar-refractivity contribution is 5.97. The summed E-state index contributed by atoms with van der Waals surface area (Å²) in [6, 6.07) is 10.2. The summed E-state index contributed by atoms with van der Waals surface area (Å²) >= 11 is 0. The fraction of sp³-hybridized carbons (Fsp3) is 0.562. The van der Waals surface area contributed by atoms with Crippen LogP contribution in [0.15, 0.2) is 35.5 Å². The molecule has 3 heteroatoms. The minimum absolute atomic E-state index is 0.231. The van der Waals surface area contributed by atoms with Crippen molar-refractivity contribution >= 4 is 11.4 Å². The molecule has 0 saturated heterocycles. The predicted octanol–water partition coefficient (Wildman–Crippen LogP) is 3.75. The molecule has 102 valence electrons. The Morgan fingerprint density at radius 1 is 1.16 bits per heavy atom. The average Bonchev–Trinajstić information content (AvgIpc) is 2.89. The molecule has 3 unspecified atom stereocenters. The van der Waals surface area contributed by atoms with E-state index in [4.69, 9.17) is 0 Å². The van der Waals surface area contributed by atoms with Crippen LogP contribution in [0.1, 0.15) is 33.6 Å². The first kappa shape index (κ1) is 12.5. The minimum atomic E-state index is -0.231. The van der Waals surface area contributed by atoms with Crippen LogP contribution in [0.5, 0.6) is 0 Å². The van der Waals surface area contributed by atoms with Gasteiger partial charge in [0.05, 0.1) is 11.3 Å². The van der Waals surface area contributed by atoms with Gasteiger partial charge in [-0.3, -0.25) is 0 Å². The number of hydrogen-bond donors (Lipinski definition) is 2. The molecule has 1 aromatic rings. The molecule has 0 amide bonds. The Balaban J connectivity index is 1.85. The summed E-state index contributed by atoms with van der Waals surface area (Å²) in [4.78, 5) is 0. The van der Waals surface area contributed by atoms with Gasteiger partial charge in [0.2, 0.25) is 0 Å². The van der Waals surface area contributed by atoms with Crippen molar-refractivity contribution in [1.29, 1.82) is 0 Å². The van der Waals surface area contributed by atoms with E-state index in [1.165, 1.54) is 0 Å². The van der Waals surface area contributed by atoms with Crippen LogP contribution in [0, 0.1) is 17.3 Å². The van der Waals surface area contributed by atoms with Gasteiger partial charge in [0.1, 0.15) is 0 Å². The molecule has 3 nitrogen and oxygen atoms in total. The van der Waals surface area contributed by atoms with Crippen LogP contribution in [0.2, 0.25) is 0 Å². The number of nitrogens with zero attached hydrogens (tertiary/aromatic N) is 1. The second-order valence-corrected chi connectivity index (χ2v) is 6.81. The molecule has 2 aliphatic rings. The fourth-order valence-corrected chi connectivity index (χ4v) is 3.77. The minimum Gasteiger partial charge on any atom is -0.411 e. The van der Waals surface area contributed by atoms with Crippen molar-refractivity contribution in [2.24, 2.45) is 22.4 Å². The van der Waals surface area contributed by atoms with E-state index in [1.54, 1.807) is 0 Å². The van der Waals surface area contributed by atoms with Crippen LogP contribution in [-0.2, 0) is 0 Å². The zero-order chi connectivity index (χ0) is 13.7. The van der Waals surface area contributed by atoms with Gasteiger partial charge in [-0.1, -0.05) is 37.2 Å². The first-order valence-electron chi connectivity index (χ1n) is 7.02.